The van der Waals surface area contributed by atoms with E-state index in [0.717, 1.165) is 42.5 Å². The van der Waals surface area contributed by atoms with Gasteiger partial charge in [0, 0.05) is 18.8 Å². The molecule has 2 N–H and O–H groups in total. The van der Waals surface area contributed by atoms with Crippen molar-refractivity contribution in [2.24, 2.45) is 0 Å². The Kier molecular flexibility index (Phi) is 5.46. The topological polar surface area (TPSA) is 78.5 Å². The molecule has 138 valence electrons. The number of rotatable bonds is 6. The van der Waals surface area contributed by atoms with E-state index in [-0.39, 0.29) is 12.5 Å². The lowest BCUT2D eigenvalue weighted by molar-refractivity contribution is -0.119. The van der Waals surface area contributed by atoms with Gasteiger partial charge in [0.05, 0.1) is 18.5 Å². The summed E-state index contributed by atoms with van der Waals surface area (Å²) in [5.41, 5.74) is 3.51. The molecule has 0 saturated heterocycles. The zero-order valence-electron chi connectivity index (χ0n) is 14.7. The van der Waals surface area contributed by atoms with Crippen molar-refractivity contribution in [2.45, 2.75) is 19.4 Å². The van der Waals surface area contributed by atoms with E-state index < -0.39 is 10.0 Å². The molecule has 0 unspecified atom stereocenters. The summed E-state index contributed by atoms with van der Waals surface area (Å²) in [6, 6.07) is 15.3. The molecule has 2 aromatic rings. The molecule has 0 spiro atoms. The summed E-state index contributed by atoms with van der Waals surface area (Å²) in [6.45, 7) is 1.52. The van der Waals surface area contributed by atoms with Crippen LogP contribution in [0.3, 0.4) is 0 Å². The molecule has 0 atom stereocenters. The lowest BCUT2D eigenvalue weighted by Gasteiger charge is -2.32. The van der Waals surface area contributed by atoms with E-state index in [9.17, 15) is 13.2 Å². The molecule has 1 aliphatic rings. The van der Waals surface area contributed by atoms with Gasteiger partial charge in [-0.05, 0) is 36.1 Å². The molecular formula is C19H23N3O3S. The molecule has 0 fully saturated rings. The van der Waals surface area contributed by atoms with Crippen LogP contribution in [0.5, 0.6) is 0 Å². The molecule has 7 heteroatoms. The largest absolute Gasteiger partial charge is 0.362 e. The summed E-state index contributed by atoms with van der Waals surface area (Å²) in [7, 11) is -3.34. The molecule has 1 amide bonds. The van der Waals surface area contributed by atoms with Gasteiger partial charge in [0.1, 0.15) is 0 Å². The Bertz CT molecular complexity index is 882. The Labute approximate surface area is 154 Å². The van der Waals surface area contributed by atoms with Crippen molar-refractivity contribution in [3.8, 4) is 0 Å². The van der Waals surface area contributed by atoms with Crippen molar-refractivity contribution in [3.63, 3.8) is 0 Å². The van der Waals surface area contributed by atoms with E-state index in [2.05, 4.69) is 10.0 Å². The number of carbonyl (C=O) groups excluding carboxylic acids is 1. The van der Waals surface area contributed by atoms with Crippen molar-refractivity contribution < 1.29 is 13.2 Å². The Hall–Kier alpha value is -2.54. The third kappa shape index (κ3) is 4.76. The predicted molar refractivity (Wildman–Crippen MR) is 104 cm³/mol. The van der Waals surface area contributed by atoms with Crippen molar-refractivity contribution in [1.82, 2.24) is 5.32 Å². The standard InChI is InChI=1S/C19H23N3O3S/c1-26(24,25)21-17-10-5-11-18-16(17)9-6-12-22(18)14-19(23)20-13-15-7-3-2-4-8-15/h2-5,7-8,10-11,21H,6,9,12-14H2,1H3,(H,20,23). The van der Waals surface area contributed by atoms with Crippen LogP contribution in [0.4, 0.5) is 11.4 Å². The maximum Gasteiger partial charge on any atom is 0.239 e. The number of benzene rings is 2. The van der Waals surface area contributed by atoms with Gasteiger partial charge >= 0.3 is 0 Å². The number of hydrogen-bond donors (Lipinski definition) is 2. The van der Waals surface area contributed by atoms with Gasteiger partial charge in [-0.3, -0.25) is 9.52 Å². The first-order valence-corrected chi connectivity index (χ1v) is 10.5. The summed E-state index contributed by atoms with van der Waals surface area (Å²) in [4.78, 5) is 14.4. The molecule has 2 aromatic carbocycles. The predicted octanol–water partition coefficient (Wildman–Crippen LogP) is 2.13. The Morgan fingerprint density at radius 1 is 1.12 bits per heavy atom. The fourth-order valence-electron chi connectivity index (χ4n) is 3.19. The van der Waals surface area contributed by atoms with E-state index in [1.807, 2.05) is 47.4 Å². The van der Waals surface area contributed by atoms with Crippen molar-refractivity contribution in [3.05, 3.63) is 59.7 Å². The second-order valence-electron chi connectivity index (χ2n) is 6.46. The first kappa shape index (κ1) is 18.3. The van der Waals surface area contributed by atoms with Crippen LogP contribution in [0.15, 0.2) is 48.5 Å². The first-order valence-electron chi connectivity index (χ1n) is 8.57. The number of anilines is 2. The molecule has 0 radical (unpaired) electrons. The molecular weight excluding hydrogens is 350 g/mol. The minimum Gasteiger partial charge on any atom is -0.362 e. The summed E-state index contributed by atoms with van der Waals surface area (Å²) in [5, 5.41) is 2.94. The van der Waals surface area contributed by atoms with Crippen LogP contribution in [0, 0.1) is 0 Å². The monoisotopic (exact) mass is 373 g/mol. The van der Waals surface area contributed by atoms with E-state index in [4.69, 9.17) is 0 Å². The Morgan fingerprint density at radius 3 is 2.62 bits per heavy atom. The van der Waals surface area contributed by atoms with Gasteiger partial charge in [0.15, 0.2) is 0 Å². The Morgan fingerprint density at radius 2 is 1.88 bits per heavy atom. The van der Waals surface area contributed by atoms with Gasteiger partial charge in [-0.2, -0.15) is 0 Å². The van der Waals surface area contributed by atoms with Gasteiger partial charge in [0.2, 0.25) is 15.9 Å². The molecule has 1 aliphatic heterocycles. The average molecular weight is 373 g/mol. The van der Waals surface area contributed by atoms with E-state index in [1.165, 1.54) is 0 Å². The third-order valence-corrected chi connectivity index (χ3v) is 4.90. The molecule has 0 aliphatic carbocycles. The highest BCUT2D eigenvalue weighted by atomic mass is 32.2. The van der Waals surface area contributed by atoms with Crippen molar-refractivity contribution >= 4 is 27.3 Å². The lowest BCUT2D eigenvalue weighted by Crippen LogP contribution is -2.39. The molecule has 3 rings (SSSR count). The number of nitrogens with zero attached hydrogens (tertiary/aromatic N) is 1. The highest BCUT2D eigenvalue weighted by Crippen LogP contribution is 2.33. The van der Waals surface area contributed by atoms with Crippen LogP contribution >= 0.6 is 0 Å². The average Bonchev–Trinajstić information content (AvgIpc) is 2.60. The second kappa shape index (κ2) is 7.78. The van der Waals surface area contributed by atoms with E-state index >= 15 is 0 Å². The van der Waals surface area contributed by atoms with Crippen LogP contribution < -0.4 is 14.9 Å². The molecule has 0 bridgehead atoms. The van der Waals surface area contributed by atoms with Gasteiger partial charge in [-0.25, -0.2) is 8.42 Å². The number of fused-ring (bicyclic) bond motifs is 1. The maximum absolute atomic E-state index is 12.3. The normalized spacial score (nSPS) is 13.8. The zero-order chi connectivity index (χ0) is 18.6. The maximum atomic E-state index is 12.3. The fraction of sp³-hybridized carbons (Fsp3) is 0.316. The molecule has 1 heterocycles. The van der Waals surface area contributed by atoms with E-state index in [1.54, 1.807) is 6.07 Å². The van der Waals surface area contributed by atoms with Gasteiger partial charge < -0.3 is 10.2 Å². The van der Waals surface area contributed by atoms with Gasteiger partial charge in [-0.1, -0.05) is 36.4 Å². The van der Waals surface area contributed by atoms with Crippen LogP contribution in [0.25, 0.3) is 0 Å². The highest BCUT2D eigenvalue weighted by molar-refractivity contribution is 7.92. The molecule has 26 heavy (non-hydrogen) atoms. The summed E-state index contributed by atoms with van der Waals surface area (Å²) >= 11 is 0. The van der Waals surface area contributed by atoms with Crippen LogP contribution in [-0.2, 0) is 27.8 Å². The van der Waals surface area contributed by atoms with Crippen molar-refractivity contribution in [2.75, 3.05) is 29.0 Å². The number of amides is 1. The minimum absolute atomic E-state index is 0.0526. The van der Waals surface area contributed by atoms with Crippen molar-refractivity contribution in [1.29, 1.82) is 0 Å². The molecule has 0 saturated carbocycles. The first-order chi connectivity index (χ1) is 12.4. The molecule has 6 nitrogen and oxygen atoms in total. The Balaban J connectivity index is 1.69. The quantitative estimate of drug-likeness (QED) is 0.813. The summed E-state index contributed by atoms with van der Waals surface area (Å²) < 4.78 is 25.7. The fourth-order valence-corrected chi connectivity index (χ4v) is 3.78. The lowest BCUT2D eigenvalue weighted by atomic mass is 10.00. The zero-order valence-corrected chi connectivity index (χ0v) is 15.6. The second-order valence-corrected chi connectivity index (χ2v) is 8.21. The SMILES string of the molecule is CS(=O)(=O)Nc1cccc2c1CCCN2CC(=O)NCc1ccccc1. The van der Waals surface area contributed by atoms with Crippen LogP contribution in [0.1, 0.15) is 17.5 Å². The van der Waals surface area contributed by atoms with Gasteiger partial charge in [0.25, 0.3) is 0 Å². The minimum atomic E-state index is -3.34. The number of carbonyl (C=O) groups is 1. The number of nitrogens with one attached hydrogen (secondary N) is 2. The summed E-state index contributed by atoms with van der Waals surface area (Å²) in [5.74, 6) is -0.0526. The number of sulfonamides is 1. The summed E-state index contributed by atoms with van der Waals surface area (Å²) in [6.07, 6.45) is 2.81. The molecule has 0 aromatic heterocycles. The van der Waals surface area contributed by atoms with Crippen LogP contribution in [-0.4, -0.2) is 33.7 Å². The third-order valence-electron chi connectivity index (χ3n) is 4.31. The highest BCUT2D eigenvalue weighted by Gasteiger charge is 2.22. The van der Waals surface area contributed by atoms with Gasteiger partial charge in [-0.15, -0.1) is 0 Å². The van der Waals surface area contributed by atoms with E-state index in [0.29, 0.717) is 12.2 Å². The smallest absolute Gasteiger partial charge is 0.239 e. The van der Waals surface area contributed by atoms with Crippen LogP contribution in [0.2, 0.25) is 0 Å². The number of hydrogen-bond acceptors (Lipinski definition) is 4.